The first kappa shape index (κ1) is 12.1. The first-order chi connectivity index (χ1) is 9.25. The SMILES string of the molecule is Fc1c(Cl)cccc1NCc1coc2ccccc12. The van der Waals surface area contributed by atoms with E-state index >= 15 is 0 Å². The van der Waals surface area contributed by atoms with Gasteiger partial charge in [0.25, 0.3) is 0 Å². The van der Waals surface area contributed by atoms with Gasteiger partial charge in [0.05, 0.1) is 17.0 Å². The number of para-hydroxylation sites is 1. The number of nitrogens with one attached hydrogen (secondary N) is 1. The van der Waals surface area contributed by atoms with Crippen molar-refractivity contribution in [2.75, 3.05) is 5.32 Å². The van der Waals surface area contributed by atoms with E-state index in [4.69, 9.17) is 16.0 Å². The smallest absolute Gasteiger partial charge is 0.164 e. The number of rotatable bonds is 3. The third-order valence-corrected chi connectivity index (χ3v) is 3.27. The third-order valence-electron chi connectivity index (χ3n) is 2.98. The van der Waals surface area contributed by atoms with Gasteiger partial charge >= 0.3 is 0 Å². The predicted molar refractivity (Wildman–Crippen MR) is 75.0 cm³/mol. The highest BCUT2D eigenvalue weighted by Crippen LogP contribution is 2.25. The van der Waals surface area contributed by atoms with Crippen LogP contribution < -0.4 is 5.32 Å². The van der Waals surface area contributed by atoms with Gasteiger partial charge in [0.15, 0.2) is 5.82 Å². The maximum absolute atomic E-state index is 13.7. The maximum atomic E-state index is 13.7. The van der Waals surface area contributed by atoms with Crippen LogP contribution in [-0.2, 0) is 6.54 Å². The average Bonchev–Trinajstić information content (AvgIpc) is 2.84. The topological polar surface area (TPSA) is 25.2 Å². The normalized spacial score (nSPS) is 10.8. The number of hydrogen-bond donors (Lipinski definition) is 1. The summed E-state index contributed by atoms with van der Waals surface area (Å²) in [5.74, 6) is -0.433. The molecule has 2 aromatic carbocycles. The van der Waals surface area contributed by atoms with Crippen molar-refractivity contribution >= 4 is 28.3 Å². The van der Waals surface area contributed by atoms with Crippen LogP contribution in [-0.4, -0.2) is 0 Å². The minimum Gasteiger partial charge on any atom is -0.464 e. The molecule has 3 aromatic rings. The average molecular weight is 276 g/mol. The van der Waals surface area contributed by atoms with Gasteiger partial charge in [-0.15, -0.1) is 0 Å². The van der Waals surface area contributed by atoms with Crippen LogP contribution in [0.25, 0.3) is 11.0 Å². The van der Waals surface area contributed by atoms with E-state index < -0.39 is 5.82 Å². The molecule has 1 aromatic heterocycles. The Bertz CT molecular complexity index is 723. The largest absolute Gasteiger partial charge is 0.464 e. The van der Waals surface area contributed by atoms with Crippen LogP contribution in [0, 0.1) is 5.82 Å². The highest BCUT2D eigenvalue weighted by atomic mass is 35.5. The minimum atomic E-state index is -0.433. The molecule has 0 saturated heterocycles. The molecule has 0 aliphatic rings. The molecule has 0 unspecified atom stereocenters. The lowest BCUT2D eigenvalue weighted by Crippen LogP contribution is -2.01. The fraction of sp³-hybridized carbons (Fsp3) is 0.0667. The second kappa shape index (κ2) is 4.94. The summed E-state index contributed by atoms with van der Waals surface area (Å²) in [6.07, 6.45) is 1.68. The fourth-order valence-electron chi connectivity index (χ4n) is 2.00. The Labute approximate surface area is 114 Å². The molecule has 3 rings (SSSR count). The lowest BCUT2D eigenvalue weighted by molar-refractivity contribution is 0.610. The number of furan rings is 1. The van der Waals surface area contributed by atoms with Crippen molar-refractivity contribution in [1.82, 2.24) is 0 Å². The first-order valence-corrected chi connectivity index (χ1v) is 6.26. The van der Waals surface area contributed by atoms with Gasteiger partial charge in [0.2, 0.25) is 0 Å². The number of benzene rings is 2. The molecular formula is C15H11ClFNO. The summed E-state index contributed by atoms with van der Waals surface area (Å²) in [6, 6.07) is 12.6. The Morgan fingerprint density at radius 1 is 1.11 bits per heavy atom. The summed E-state index contributed by atoms with van der Waals surface area (Å²) < 4.78 is 19.2. The molecule has 0 aliphatic carbocycles. The van der Waals surface area contributed by atoms with Crippen LogP contribution in [0.4, 0.5) is 10.1 Å². The predicted octanol–water partition coefficient (Wildman–Crippen LogP) is 4.84. The molecule has 96 valence electrons. The molecule has 0 atom stereocenters. The molecule has 0 bridgehead atoms. The Hall–Kier alpha value is -2.00. The van der Waals surface area contributed by atoms with Crippen molar-refractivity contribution in [3.8, 4) is 0 Å². The van der Waals surface area contributed by atoms with Crippen molar-refractivity contribution < 1.29 is 8.81 Å². The highest BCUT2D eigenvalue weighted by molar-refractivity contribution is 6.31. The number of hydrogen-bond acceptors (Lipinski definition) is 2. The second-order valence-electron chi connectivity index (χ2n) is 4.21. The summed E-state index contributed by atoms with van der Waals surface area (Å²) in [6.45, 7) is 0.480. The van der Waals surface area contributed by atoms with Gasteiger partial charge in [0, 0.05) is 17.5 Å². The molecule has 0 saturated carbocycles. The zero-order chi connectivity index (χ0) is 13.2. The Morgan fingerprint density at radius 3 is 2.84 bits per heavy atom. The molecule has 1 N–H and O–H groups in total. The zero-order valence-electron chi connectivity index (χ0n) is 9.99. The van der Waals surface area contributed by atoms with Crippen molar-refractivity contribution in [2.24, 2.45) is 0 Å². The molecule has 0 aliphatic heterocycles. The van der Waals surface area contributed by atoms with Gasteiger partial charge in [0.1, 0.15) is 5.58 Å². The monoisotopic (exact) mass is 275 g/mol. The zero-order valence-corrected chi connectivity index (χ0v) is 10.7. The first-order valence-electron chi connectivity index (χ1n) is 5.88. The Morgan fingerprint density at radius 2 is 1.95 bits per heavy atom. The van der Waals surface area contributed by atoms with Crippen LogP contribution in [0.5, 0.6) is 0 Å². The van der Waals surface area contributed by atoms with Gasteiger partial charge in [-0.1, -0.05) is 35.9 Å². The van der Waals surface area contributed by atoms with Crippen LogP contribution in [0.2, 0.25) is 5.02 Å². The second-order valence-corrected chi connectivity index (χ2v) is 4.62. The van der Waals surface area contributed by atoms with Gasteiger partial charge in [-0.2, -0.15) is 0 Å². The van der Waals surface area contributed by atoms with Gasteiger partial charge in [-0.05, 0) is 18.2 Å². The van der Waals surface area contributed by atoms with Gasteiger partial charge in [-0.3, -0.25) is 0 Å². The quantitative estimate of drug-likeness (QED) is 0.740. The number of anilines is 1. The minimum absolute atomic E-state index is 0.113. The van der Waals surface area contributed by atoms with Gasteiger partial charge < -0.3 is 9.73 Å². The highest BCUT2D eigenvalue weighted by Gasteiger charge is 2.08. The van der Waals surface area contributed by atoms with Crippen molar-refractivity contribution in [2.45, 2.75) is 6.54 Å². The number of halogens is 2. The van der Waals surface area contributed by atoms with Crippen molar-refractivity contribution in [3.05, 3.63) is 65.1 Å². The van der Waals surface area contributed by atoms with E-state index in [-0.39, 0.29) is 5.02 Å². The van der Waals surface area contributed by atoms with Crippen LogP contribution in [0.3, 0.4) is 0 Å². The van der Waals surface area contributed by atoms with E-state index in [1.165, 1.54) is 6.07 Å². The Kier molecular flexibility index (Phi) is 3.13. The molecule has 0 amide bonds. The van der Waals surface area contributed by atoms with Crippen LogP contribution >= 0.6 is 11.6 Å². The molecule has 1 heterocycles. The van der Waals surface area contributed by atoms with Crippen molar-refractivity contribution in [3.63, 3.8) is 0 Å². The van der Waals surface area contributed by atoms with Crippen LogP contribution in [0.1, 0.15) is 5.56 Å². The van der Waals surface area contributed by atoms with E-state index in [2.05, 4.69) is 5.32 Å². The molecule has 19 heavy (non-hydrogen) atoms. The van der Waals surface area contributed by atoms with Gasteiger partial charge in [-0.25, -0.2) is 4.39 Å². The fourth-order valence-corrected chi connectivity index (χ4v) is 2.17. The van der Waals surface area contributed by atoms with E-state index in [0.717, 1.165) is 16.5 Å². The lowest BCUT2D eigenvalue weighted by Gasteiger charge is -2.07. The molecular weight excluding hydrogens is 265 g/mol. The van der Waals surface area contributed by atoms with Crippen molar-refractivity contribution in [1.29, 1.82) is 0 Å². The summed E-state index contributed by atoms with van der Waals surface area (Å²) in [5, 5.41) is 4.17. The van der Waals surface area contributed by atoms with Crippen LogP contribution in [0.15, 0.2) is 53.1 Å². The molecule has 0 radical (unpaired) electrons. The third kappa shape index (κ3) is 2.29. The van der Waals surface area contributed by atoms with E-state index in [9.17, 15) is 4.39 Å². The maximum Gasteiger partial charge on any atom is 0.164 e. The van der Waals surface area contributed by atoms with E-state index in [1.807, 2.05) is 24.3 Å². The lowest BCUT2D eigenvalue weighted by atomic mass is 10.2. The molecule has 4 heteroatoms. The molecule has 0 fully saturated rings. The van der Waals surface area contributed by atoms with E-state index in [1.54, 1.807) is 18.4 Å². The summed E-state index contributed by atoms with van der Waals surface area (Å²) in [7, 11) is 0. The number of fused-ring (bicyclic) bond motifs is 1. The Balaban J connectivity index is 1.84. The summed E-state index contributed by atoms with van der Waals surface area (Å²) in [5.41, 5.74) is 2.19. The standard InChI is InChI=1S/C15H11ClFNO/c16-12-5-3-6-13(15(12)17)18-8-10-9-19-14-7-2-1-4-11(10)14/h1-7,9,18H,8H2. The molecule has 2 nitrogen and oxygen atoms in total. The summed E-state index contributed by atoms with van der Waals surface area (Å²) in [4.78, 5) is 0. The van der Waals surface area contributed by atoms with E-state index in [0.29, 0.717) is 12.2 Å². The molecule has 0 spiro atoms. The summed E-state index contributed by atoms with van der Waals surface area (Å²) >= 11 is 5.74.